The maximum Gasteiger partial charge on any atom is 0.277 e. The first kappa shape index (κ1) is 11.4. The van der Waals surface area contributed by atoms with E-state index in [2.05, 4.69) is 0 Å². The lowest BCUT2D eigenvalue weighted by Crippen LogP contribution is -2.41. The summed E-state index contributed by atoms with van der Waals surface area (Å²) in [6.45, 7) is 3.58. The highest BCUT2D eigenvalue weighted by Crippen LogP contribution is 2.02. The average molecular weight is 191 g/mol. The van der Waals surface area contributed by atoms with Crippen LogP contribution < -0.4 is 5.14 Å². The zero-order chi connectivity index (χ0) is 9.78. The van der Waals surface area contributed by atoms with Gasteiger partial charge in [-0.15, -0.1) is 0 Å². The van der Waals surface area contributed by atoms with E-state index >= 15 is 0 Å². The molecule has 0 aromatic rings. The van der Waals surface area contributed by atoms with Gasteiger partial charge in [0.2, 0.25) is 0 Å². The largest absolute Gasteiger partial charge is 0.277 e. The Hall–Kier alpha value is -0.640. The summed E-state index contributed by atoms with van der Waals surface area (Å²) in [5.74, 6) is 0. The van der Waals surface area contributed by atoms with Gasteiger partial charge in [0, 0.05) is 19.0 Å². The van der Waals surface area contributed by atoms with E-state index in [-0.39, 0.29) is 19.0 Å². The number of hydrogen-bond acceptors (Lipinski definition) is 3. The molecule has 0 rings (SSSR count). The minimum atomic E-state index is -3.65. The molecule has 0 aliphatic rings. The summed E-state index contributed by atoms with van der Waals surface area (Å²) in [6.07, 6.45) is 0.161. The highest BCUT2D eigenvalue weighted by atomic mass is 32.2. The van der Waals surface area contributed by atoms with Crippen LogP contribution in [0.4, 0.5) is 0 Å². The summed E-state index contributed by atoms with van der Waals surface area (Å²) in [5.41, 5.74) is 0. The van der Waals surface area contributed by atoms with Gasteiger partial charge in [0.05, 0.1) is 6.07 Å². The van der Waals surface area contributed by atoms with Crippen molar-refractivity contribution in [2.75, 3.05) is 6.54 Å². The van der Waals surface area contributed by atoms with E-state index in [0.717, 1.165) is 4.31 Å². The highest BCUT2D eigenvalue weighted by molar-refractivity contribution is 7.86. The van der Waals surface area contributed by atoms with Gasteiger partial charge in [-0.1, -0.05) is 0 Å². The molecule has 0 bridgehead atoms. The van der Waals surface area contributed by atoms with Gasteiger partial charge in [0.25, 0.3) is 10.2 Å². The SMILES string of the molecule is CC(C)N(CCC#N)S(N)(=O)=O. The van der Waals surface area contributed by atoms with Crippen LogP contribution in [-0.2, 0) is 10.2 Å². The summed E-state index contributed by atoms with van der Waals surface area (Å²) >= 11 is 0. The molecule has 0 saturated heterocycles. The smallest absolute Gasteiger partial charge is 0.216 e. The minimum absolute atomic E-state index is 0.160. The van der Waals surface area contributed by atoms with Crippen molar-refractivity contribution < 1.29 is 8.42 Å². The van der Waals surface area contributed by atoms with Crippen molar-refractivity contribution in [2.24, 2.45) is 5.14 Å². The van der Waals surface area contributed by atoms with E-state index in [1.54, 1.807) is 13.8 Å². The zero-order valence-corrected chi connectivity index (χ0v) is 8.00. The van der Waals surface area contributed by atoms with Crippen molar-refractivity contribution in [2.45, 2.75) is 26.3 Å². The summed E-state index contributed by atoms with van der Waals surface area (Å²) in [4.78, 5) is 0. The third kappa shape index (κ3) is 3.67. The molecule has 12 heavy (non-hydrogen) atoms. The Morgan fingerprint density at radius 2 is 2.08 bits per heavy atom. The number of hydrogen-bond donors (Lipinski definition) is 1. The summed E-state index contributed by atoms with van der Waals surface area (Å²) in [7, 11) is -3.65. The van der Waals surface area contributed by atoms with Crippen molar-refractivity contribution in [1.82, 2.24) is 4.31 Å². The first-order valence-corrected chi connectivity index (χ1v) is 5.06. The van der Waals surface area contributed by atoms with Gasteiger partial charge >= 0.3 is 0 Å². The molecule has 0 atom stereocenters. The van der Waals surface area contributed by atoms with Gasteiger partial charge < -0.3 is 0 Å². The van der Waals surface area contributed by atoms with Crippen LogP contribution in [0.5, 0.6) is 0 Å². The number of nitrogens with zero attached hydrogens (tertiary/aromatic N) is 2. The van der Waals surface area contributed by atoms with Gasteiger partial charge in [-0.05, 0) is 13.8 Å². The molecule has 5 nitrogen and oxygen atoms in total. The van der Waals surface area contributed by atoms with Crippen LogP contribution >= 0.6 is 0 Å². The Morgan fingerprint density at radius 1 is 1.58 bits per heavy atom. The van der Waals surface area contributed by atoms with Crippen molar-refractivity contribution in [3.05, 3.63) is 0 Å². The lowest BCUT2D eigenvalue weighted by Gasteiger charge is -2.21. The van der Waals surface area contributed by atoms with E-state index in [1.165, 1.54) is 0 Å². The van der Waals surface area contributed by atoms with Crippen molar-refractivity contribution in [3.8, 4) is 6.07 Å². The van der Waals surface area contributed by atoms with E-state index in [1.807, 2.05) is 6.07 Å². The molecule has 0 saturated carbocycles. The third-order valence-corrected chi connectivity index (χ3v) is 2.60. The van der Waals surface area contributed by atoms with Crippen molar-refractivity contribution in [3.63, 3.8) is 0 Å². The molecule has 2 N–H and O–H groups in total. The first-order valence-electron chi connectivity index (χ1n) is 3.56. The Kier molecular flexibility index (Phi) is 4.17. The molecular formula is C6H13N3O2S. The van der Waals surface area contributed by atoms with Gasteiger partial charge in [-0.25, -0.2) is 5.14 Å². The molecule has 0 fully saturated rings. The van der Waals surface area contributed by atoms with Crippen LogP contribution in [0.15, 0.2) is 0 Å². The standard InChI is InChI=1S/C6H13N3O2S/c1-6(2)9(5-3-4-7)12(8,10)11/h6H,3,5H2,1-2H3,(H2,8,10,11). The molecule has 0 radical (unpaired) electrons. The molecular weight excluding hydrogens is 178 g/mol. The summed E-state index contributed by atoms with van der Waals surface area (Å²) < 4.78 is 22.8. The van der Waals surface area contributed by atoms with Gasteiger partial charge in [0.1, 0.15) is 0 Å². The lowest BCUT2D eigenvalue weighted by atomic mass is 10.3. The molecule has 0 unspecified atom stereocenters. The summed E-state index contributed by atoms with van der Waals surface area (Å²) in [6, 6.07) is 1.66. The average Bonchev–Trinajstić information content (AvgIpc) is 1.84. The molecule has 0 heterocycles. The van der Waals surface area contributed by atoms with Gasteiger partial charge in [-0.3, -0.25) is 0 Å². The maximum atomic E-state index is 10.9. The monoisotopic (exact) mass is 191 g/mol. The number of rotatable bonds is 4. The van der Waals surface area contributed by atoms with E-state index in [9.17, 15) is 8.42 Å². The van der Waals surface area contributed by atoms with Crippen LogP contribution in [-0.4, -0.2) is 25.3 Å². The second-order valence-electron chi connectivity index (χ2n) is 2.66. The Morgan fingerprint density at radius 3 is 2.33 bits per heavy atom. The maximum absolute atomic E-state index is 10.9. The fourth-order valence-electron chi connectivity index (χ4n) is 0.839. The Labute approximate surface area is 73.0 Å². The topological polar surface area (TPSA) is 87.2 Å². The van der Waals surface area contributed by atoms with Crippen LogP contribution in [0.3, 0.4) is 0 Å². The molecule has 0 aliphatic heterocycles. The van der Waals surface area contributed by atoms with Crippen LogP contribution in [0.2, 0.25) is 0 Å². The lowest BCUT2D eigenvalue weighted by molar-refractivity contribution is 0.361. The highest BCUT2D eigenvalue weighted by Gasteiger charge is 2.19. The Bertz CT molecular complexity index is 265. The molecule has 0 spiro atoms. The fourth-order valence-corrected chi connectivity index (χ4v) is 1.77. The summed E-state index contributed by atoms with van der Waals surface area (Å²) in [5, 5.41) is 13.2. The minimum Gasteiger partial charge on any atom is -0.216 e. The second-order valence-corrected chi connectivity index (χ2v) is 4.16. The van der Waals surface area contributed by atoms with Crippen LogP contribution in [0.1, 0.15) is 20.3 Å². The van der Waals surface area contributed by atoms with E-state index in [0.29, 0.717) is 0 Å². The normalized spacial score (nSPS) is 12.0. The number of nitriles is 1. The molecule has 0 amide bonds. The van der Waals surface area contributed by atoms with Crippen LogP contribution in [0.25, 0.3) is 0 Å². The predicted molar refractivity (Wildman–Crippen MR) is 45.2 cm³/mol. The van der Waals surface area contributed by atoms with Crippen LogP contribution in [0, 0.1) is 11.3 Å². The van der Waals surface area contributed by atoms with Crippen molar-refractivity contribution >= 4 is 10.2 Å². The predicted octanol–water partition coefficient (Wildman–Crippen LogP) is -0.186. The quantitative estimate of drug-likeness (QED) is 0.668. The van der Waals surface area contributed by atoms with E-state index in [4.69, 9.17) is 10.4 Å². The van der Waals surface area contributed by atoms with E-state index < -0.39 is 10.2 Å². The zero-order valence-electron chi connectivity index (χ0n) is 7.19. The molecule has 0 aromatic carbocycles. The molecule has 0 aliphatic carbocycles. The fraction of sp³-hybridized carbons (Fsp3) is 0.833. The molecule has 70 valence electrons. The number of nitrogens with two attached hydrogens (primary N) is 1. The third-order valence-electron chi connectivity index (χ3n) is 1.35. The van der Waals surface area contributed by atoms with Crippen molar-refractivity contribution in [1.29, 1.82) is 5.26 Å². The van der Waals surface area contributed by atoms with Gasteiger partial charge in [-0.2, -0.15) is 18.0 Å². The first-order chi connectivity index (χ1) is 5.39. The second kappa shape index (κ2) is 4.40. The molecule has 6 heteroatoms. The Balaban J connectivity index is 4.38. The van der Waals surface area contributed by atoms with Gasteiger partial charge in [0.15, 0.2) is 0 Å². The molecule has 0 aromatic heterocycles.